The first kappa shape index (κ1) is 21.9. The lowest BCUT2D eigenvalue weighted by Crippen LogP contribution is -2.40. The van der Waals surface area contributed by atoms with Crippen molar-refractivity contribution in [1.29, 1.82) is 10.8 Å². The van der Waals surface area contributed by atoms with Crippen LogP contribution < -0.4 is 10.8 Å². The molecule has 0 unspecified atom stereocenters. The molecule has 3 aromatic heterocycles. The summed E-state index contributed by atoms with van der Waals surface area (Å²) in [6, 6.07) is 7.31. The van der Waals surface area contributed by atoms with E-state index in [1.807, 2.05) is 0 Å². The average Bonchev–Trinajstić information content (AvgIpc) is 3.16. The highest BCUT2D eigenvalue weighted by molar-refractivity contribution is 5.92. The van der Waals surface area contributed by atoms with E-state index in [4.69, 9.17) is 10.8 Å². The molecule has 0 radical (unpaired) electrons. The van der Waals surface area contributed by atoms with Crippen molar-refractivity contribution in [3.05, 3.63) is 71.4 Å². The highest BCUT2D eigenvalue weighted by Gasteiger charge is 2.42. The van der Waals surface area contributed by atoms with Gasteiger partial charge in [-0.15, -0.1) is 0 Å². The minimum Gasteiger partial charge on any atom is -0.354 e. The Bertz CT molecular complexity index is 1460. The summed E-state index contributed by atoms with van der Waals surface area (Å²) in [5, 5.41) is 26.7. The second-order valence-corrected chi connectivity index (χ2v) is 7.14. The lowest BCUT2D eigenvalue weighted by atomic mass is 10.0. The van der Waals surface area contributed by atoms with Gasteiger partial charge in [-0.3, -0.25) is 25.3 Å². The largest absolute Gasteiger partial charge is 0.354 e. The Balaban J connectivity index is 1.74. The number of nitrogens with zero attached hydrogens (tertiary/aromatic N) is 5. The molecule has 4 aromatic rings. The summed E-state index contributed by atoms with van der Waals surface area (Å²) in [5.41, 5.74) is -0.680. The van der Waals surface area contributed by atoms with Gasteiger partial charge in [0.05, 0.1) is 16.8 Å². The molecule has 1 amide bonds. The second kappa shape index (κ2) is 7.97. The van der Waals surface area contributed by atoms with Crippen molar-refractivity contribution in [2.24, 2.45) is 7.05 Å². The first-order valence-corrected chi connectivity index (χ1v) is 9.56. The van der Waals surface area contributed by atoms with Crippen LogP contribution in [0.25, 0.3) is 22.2 Å². The van der Waals surface area contributed by atoms with Crippen molar-refractivity contribution in [1.82, 2.24) is 29.9 Å². The topological polar surface area (TPSA) is 125 Å². The van der Waals surface area contributed by atoms with E-state index >= 15 is 8.78 Å². The third-order valence-corrected chi connectivity index (χ3v) is 4.91. The predicted octanol–water partition coefficient (Wildman–Crippen LogP) is 2.43. The number of aryl methyl sites for hydroxylation is 1. The van der Waals surface area contributed by atoms with E-state index in [2.05, 4.69) is 20.5 Å². The molecule has 0 aliphatic rings. The normalized spacial score (nSPS) is 11.5. The number of alkyl halides is 2. The van der Waals surface area contributed by atoms with Crippen LogP contribution in [0.2, 0.25) is 0 Å². The van der Waals surface area contributed by atoms with Crippen LogP contribution in [0.5, 0.6) is 0 Å². The molecule has 0 aliphatic heterocycles. The fourth-order valence-corrected chi connectivity index (χ4v) is 3.23. The van der Waals surface area contributed by atoms with Gasteiger partial charge in [-0.2, -0.15) is 23.7 Å². The van der Waals surface area contributed by atoms with Crippen LogP contribution >= 0.6 is 0 Å². The number of nitrogens with one attached hydrogen (secondary N) is 3. The van der Waals surface area contributed by atoms with E-state index in [1.54, 1.807) is 7.05 Å². The summed E-state index contributed by atoms with van der Waals surface area (Å²) < 4.78 is 46.8. The molecule has 0 spiro atoms. The van der Waals surface area contributed by atoms with Crippen molar-refractivity contribution in [3.63, 3.8) is 0 Å². The van der Waals surface area contributed by atoms with E-state index in [0.29, 0.717) is 10.2 Å². The summed E-state index contributed by atoms with van der Waals surface area (Å²) in [7, 11) is 3.03. The smallest absolute Gasteiger partial charge is 0.334 e. The van der Waals surface area contributed by atoms with Gasteiger partial charge in [0.1, 0.15) is 17.0 Å². The summed E-state index contributed by atoms with van der Waals surface area (Å²) in [5.74, 6) is -7.12. The molecule has 0 fully saturated rings. The Morgan fingerprint density at radius 3 is 2.58 bits per heavy atom. The number of rotatable bonds is 4. The van der Waals surface area contributed by atoms with Crippen LogP contribution in [0, 0.1) is 16.6 Å². The number of carbonyl (C=O) groups is 1. The van der Waals surface area contributed by atoms with E-state index < -0.39 is 34.5 Å². The quantitative estimate of drug-likeness (QED) is 0.323. The second-order valence-electron chi connectivity index (χ2n) is 7.14. The molecule has 0 aliphatic carbocycles. The van der Waals surface area contributed by atoms with Crippen molar-refractivity contribution in [2.45, 2.75) is 5.92 Å². The van der Waals surface area contributed by atoms with Crippen molar-refractivity contribution in [3.8, 4) is 11.3 Å². The fraction of sp³-hybridized carbons (Fsp3) is 0.143. The molecule has 3 N–H and O–H groups in total. The van der Waals surface area contributed by atoms with Crippen LogP contribution in [0.4, 0.5) is 13.2 Å². The molecule has 0 saturated heterocycles. The number of pyridine rings is 1. The molecule has 9 nitrogen and oxygen atoms in total. The van der Waals surface area contributed by atoms with Crippen LogP contribution in [0.1, 0.15) is 16.1 Å². The lowest BCUT2D eigenvalue weighted by Gasteiger charge is -2.20. The Labute approximate surface area is 184 Å². The first-order valence-electron chi connectivity index (χ1n) is 9.56. The molecular formula is C21H17F3N8O. The third-order valence-electron chi connectivity index (χ3n) is 4.91. The zero-order valence-electron chi connectivity index (χ0n) is 17.4. The number of amides is 1. The van der Waals surface area contributed by atoms with E-state index in [0.717, 1.165) is 12.1 Å². The third kappa shape index (κ3) is 3.86. The fourth-order valence-electron chi connectivity index (χ4n) is 3.23. The van der Waals surface area contributed by atoms with Crippen LogP contribution in [-0.2, 0) is 13.0 Å². The zero-order valence-corrected chi connectivity index (χ0v) is 17.4. The average molecular weight is 454 g/mol. The Hall–Kier alpha value is -4.35. The number of aromatic nitrogens is 5. The number of carbonyl (C=O) groups excluding carboxylic acids is 1. The zero-order chi connectivity index (χ0) is 23.9. The molecule has 33 heavy (non-hydrogen) atoms. The van der Waals surface area contributed by atoms with Gasteiger partial charge in [-0.05, 0) is 30.3 Å². The highest BCUT2D eigenvalue weighted by atomic mass is 19.3. The molecule has 168 valence electrons. The Morgan fingerprint density at radius 2 is 1.91 bits per heavy atom. The van der Waals surface area contributed by atoms with Gasteiger partial charge in [0.2, 0.25) is 0 Å². The summed E-state index contributed by atoms with van der Waals surface area (Å²) in [6.07, 6.45) is 2.77. The van der Waals surface area contributed by atoms with Gasteiger partial charge in [0, 0.05) is 43.5 Å². The minimum absolute atomic E-state index is 0.130. The summed E-state index contributed by atoms with van der Waals surface area (Å²) in [6.45, 7) is 0. The van der Waals surface area contributed by atoms with Gasteiger partial charge in [-0.1, -0.05) is 0 Å². The number of benzene rings is 1. The maximum absolute atomic E-state index is 15.2. The van der Waals surface area contributed by atoms with Crippen molar-refractivity contribution in [2.75, 3.05) is 7.05 Å². The molecule has 0 saturated carbocycles. The number of hydrogen-bond donors (Lipinski definition) is 3. The van der Waals surface area contributed by atoms with Gasteiger partial charge in [-0.25, -0.2) is 4.39 Å². The molecule has 4 rings (SSSR count). The van der Waals surface area contributed by atoms with E-state index in [1.165, 1.54) is 48.4 Å². The number of fused-ring (bicyclic) bond motifs is 1. The molecule has 12 heteroatoms. The van der Waals surface area contributed by atoms with Crippen molar-refractivity contribution < 1.29 is 18.0 Å². The maximum atomic E-state index is 15.2. The highest BCUT2D eigenvalue weighted by Crippen LogP contribution is 2.33. The monoisotopic (exact) mass is 454 g/mol. The van der Waals surface area contributed by atoms with Gasteiger partial charge >= 0.3 is 5.92 Å². The van der Waals surface area contributed by atoms with Crippen LogP contribution in [0.3, 0.4) is 0 Å². The summed E-state index contributed by atoms with van der Waals surface area (Å²) >= 11 is 0. The van der Waals surface area contributed by atoms with Crippen LogP contribution in [-0.4, -0.2) is 43.3 Å². The van der Waals surface area contributed by atoms with E-state index in [-0.39, 0.29) is 22.3 Å². The Kier molecular flexibility index (Phi) is 5.28. The van der Waals surface area contributed by atoms with Gasteiger partial charge in [0.15, 0.2) is 5.84 Å². The SMILES string of the molecule is CNC(=O)c1ccc(-c2ccc(=N)n(C(=N)C(F)(F)c3cc4cn(C)nc4cc3F)n2)cn1. The maximum Gasteiger partial charge on any atom is 0.334 e. The summed E-state index contributed by atoms with van der Waals surface area (Å²) in [4.78, 5) is 15.6. The first-order chi connectivity index (χ1) is 15.6. The van der Waals surface area contributed by atoms with Gasteiger partial charge < -0.3 is 5.32 Å². The van der Waals surface area contributed by atoms with Gasteiger partial charge in [0.25, 0.3) is 5.91 Å². The Morgan fingerprint density at radius 1 is 1.15 bits per heavy atom. The number of halogens is 3. The van der Waals surface area contributed by atoms with Crippen LogP contribution in [0.15, 0.2) is 48.8 Å². The molecule has 3 heterocycles. The minimum atomic E-state index is -4.10. The molecular weight excluding hydrogens is 437 g/mol. The standard InChI is InChI=1S/C21H17F3N8O/c1-27-19(33)16-4-3-11(9-28-16)15-5-6-18(25)32(30-15)20(26)21(23,24)13-7-12-10-31(2)29-17(12)8-14(13)22/h3-10,25-26H,1-2H3,(H,27,33). The lowest BCUT2D eigenvalue weighted by molar-refractivity contribution is 0.0656. The van der Waals surface area contributed by atoms with Crippen molar-refractivity contribution >= 4 is 22.6 Å². The predicted molar refractivity (Wildman–Crippen MR) is 112 cm³/mol. The molecule has 0 bridgehead atoms. The molecule has 1 aromatic carbocycles. The number of hydrogen-bond acceptors (Lipinski definition) is 6. The van der Waals surface area contributed by atoms with E-state index in [9.17, 15) is 9.18 Å². The molecule has 0 atom stereocenters.